The zero-order valence-corrected chi connectivity index (χ0v) is 17.5. The molecule has 1 N–H and O–H groups in total. The minimum atomic E-state index is -4.43. The molecule has 8 nitrogen and oxygen atoms in total. The van der Waals surface area contributed by atoms with E-state index in [0.29, 0.717) is 5.56 Å². The second-order valence-corrected chi connectivity index (χ2v) is 8.03. The maximum atomic E-state index is 12.8. The van der Waals surface area contributed by atoms with Gasteiger partial charge >= 0.3 is 11.5 Å². The van der Waals surface area contributed by atoms with Crippen LogP contribution in [0, 0.1) is 0 Å². The summed E-state index contributed by atoms with van der Waals surface area (Å²) < 4.78 is 42.5. The maximum Gasteiger partial charge on any atom is 0.446 e. The number of carbonyl (C=O) groups is 3. The molecular weight excluding hydrogens is 461 g/mol. The van der Waals surface area contributed by atoms with Crippen molar-refractivity contribution < 1.29 is 32.0 Å². The normalized spacial score (nSPS) is 14.2. The van der Waals surface area contributed by atoms with E-state index in [1.54, 1.807) is 18.2 Å². The monoisotopic (exact) mass is 476 g/mol. The Balaban J connectivity index is 1.43. The number of furan rings is 1. The average molecular weight is 476 g/mol. The van der Waals surface area contributed by atoms with Crippen molar-refractivity contribution in [2.24, 2.45) is 0 Å². The highest BCUT2D eigenvalue weighted by molar-refractivity contribution is 8.00. The van der Waals surface area contributed by atoms with E-state index in [1.165, 1.54) is 47.7 Å². The summed E-state index contributed by atoms with van der Waals surface area (Å²) in [6, 6.07) is 10.6. The molecule has 1 saturated heterocycles. The van der Waals surface area contributed by atoms with Crippen LogP contribution in [0.1, 0.15) is 16.1 Å². The Kier molecular flexibility index (Phi) is 6.09. The molecule has 1 aliphatic rings. The number of nitrogens with one attached hydrogen (secondary N) is 1. The van der Waals surface area contributed by atoms with Gasteiger partial charge in [0.15, 0.2) is 5.76 Å². The molecule has 4 rings (SSSR count). The average Bonchev–Trinajstić information content (AvgIpc) is 3.37. The van der Waals surface area contributed by atoms with Crippen molar-refractivity contribution in [2.45, 2.75) is 16.9 Å². The summed E-state index contributed by atoms with van der Waals surface area (Å²) in [5.41, 5.74) is -3.64. The van der Waals surface area contributed by atoms with Crippen molar-refractivity contribution in [1.82, 2.24) is 9.88 Å². The van der Waals surface area contributed by atoms with Gasteiger partial charge in [-0.3, -0.25) is 9.59 Å². The number of aromatic nitrogens is 1. The highest BCUT2D eigenvalue weighted by Gasteiger charge is 2.37. The third kappa shape index (κ3) is 5.34. The molecule has 33 heavy (non-hydrogen) atoms. The lowest BCUT2D eigenvalue weighted by Gasteiger charge is -2.18. The number of benzene rings is 1. The van der Waals surface area contributed by atoms with E-state index in [-0.39, 0.29) is 47.0 Å². The van der Waals surface area contributed by atoms with Crippen LogP contribution in [-0.4, -0.2) is 39.8 Å². The molecule has 0 unspecified atom stereocenters. The zero-order chi connectivity index (χ0) is 23.6. The van der Waals surface area contributed by atoms with Crippen LogP contribution in [0.25, 0.3) is 0 Å². The second kappa shape index (κ2) is 8.98. The van der Waals surface area contributed by atoms with Crippen molar-refractivity contribution in [2.75, 3.05) is 16.8 Å². The smallest absolute Gasteiger partial charge is 0.446 e. The lowest BCUT2D eigenvalue weighted by molar-refractivity contribution is -0.116. The summed E-state index contributed by atoms with van der Waals surface area (Å²) in [4.78, 5) is 43.6. The first-order valence-electron chi connectivity index (χ1n) is 9.47. The Morgan fingerprint density at radius 2 is 1.91 bits per heavy atom. The molecular formula is C21H15F3N4O4S. The first kappa shape index (κ1) is 22.4. The Morgan fingerprint density at radius 3 is 2.58 bits per heavy atom. The predicted molar refractivity (Wildman–Crippen MR) is 113 cm³/mol. The molecule has 1 fully saturated rings. The molecule has 170 valence electrons. The van der Waals surface area contributed by atoms with Crippen molar-refractivity contribution in [3.05, 3.63) is 72.3 Å². The molecule has 0 radical (unpaired) electrons. The Hall–Kier alpha value is -3.80. The van der Waals surface area contributed by atoms with E-state index in [2.05, 4.69) is 10.3 Å². The third-order valence-electron chi connectivity index (χ3n) is 4.55. The van der Waals surface area contributed by atoms with Crippen molar-refractivity contribution in [3.8, 4) is 0 Å². The number of pyridine rings is 1. The van der Waals surface area contributed by atoms with Crippen molar-refractivity contribution >= 4 is 41.1 Å². The molecule has 2 aromatic heterocycles. The number of halogens is 3. The fraction of sp³-hybridized carbons (Fsp3) is 0.143. The van der Waals surface area contributed by atoms with Gasteiger partial charge in [-0.05, 0) is 65.9 Å². The summed E-state index contributed by atoms with van der Waals surface area (Å²) in [7, 11) is 0. The SMILES string of the molecule is O=C(Nc1cc(CN2CC(=O)N(c3ccc(SC(F)(F)F)cc3)C2=O)ccn1)c1ccco1. The van der Waals surface area contributed by atoms with Crippen LogP contribution in [0.5, 0.6) is 0 Å². The number of rotatable bonds is 6. The summed E-state index contributed by atoms with van der Waals surface area (Å²) in [5.74, 6) is -0.647. The van der Waals surface area contributed by atoms with Crippen LogP contribution in [0.4, 0.5) is 29.5 Å². The number of imide groups is 1. The molecule has 0 bridgehead atoms. The van der Waals surface area contributed by atoms with E-state index in [9.17, 15) is 27.6 Å². The standard InChI is InChI=1S/C21H15F3N4O4S/c22-21(23,24)33-15-5-3-14(4-6-15)28-18(29)12-27(20(28)31)11-13-7-8-25-17(10-13)26-19(30)16-2-1-9-32-16/h1-10H,11-12H2,(H,25,26,30). The van der Waals surface area contributed by atoms with Crippen LogP contribution in [0.15, 0.2) is 70.3 Å². The molecule has 0 saturated carbocycles. The van der Waals surface area contributed by atoms with Gasteiger partial charge in [-0.15, -0.1) is 0 Å². The summed E-state index contributed by atoms with van der Waals surface area (Å²) in [6.07, 6.45) is 2.81. The van der Waals surface area contributed by atoms with Gasteiger partial charge in [0.25, 0.3) is 11.8 Å². The molecule has 3 heterocycles. The highest BCUT2D eigenvalue weighted by Crippen LogP contribution is 2.37. The Bertz CT molecular complexity index is 1180. The number of alkyl halides is 3. The van der Waals surface area contributed by atoms with Crippen molar-refractivity contribution in [1.29, 1.82) is 0 Å². The predicted octanol–water partition coefficient (Wildman–Crippen LogP) is 4.51. The summed E-state index contributed by atoms with van der Waals surface area (Å²) >= 11 is -0.280. The van der Waals surface area contributed by atoms with E-state index < -0.39 is 23.4 Å². The van der Waals surface area contributed by atoms with Crippen LogP contribution in [-0.2, 0) is 11.3 Å². The van der Waals surface area contributed by atoms with Gasteiger partial charge in [0.1, 0.15) is 12.4 Å². The second-order valence-electron chi connectivity index (χ2n) is 6.89. The minimum absolute atomic E-state index is 0.0527. The van der Waals surface area contributed by atoms with Gasteiger partial charge in [-0.25, -0.2) is 14.7 Å². The molecule has 12 heteroatoms. The lowest BCUT2D eigenvalue weighted by Crippen LogP contribution is -2.32. The van der Waals surface area contributed by atoms with Gasteiger partial charge in [0.2, 0.25) is 0 Å². The van der Waals surface area contributed by atoms with Gasteiger partial charge < -0.3 is 14.6 Å². The quantitative estimate of drug-likeness (QED) is 0.416. The molecule has 1 aromatic carbocycles. The number of hydrogen-bond donors (Lipinski definition) is 1. The molecule has 4 amide bonds. The van der Waals surface area contributed by atoms with Crippen molar-refractivity contribution in [3.63, 3.8) is 0 Å². The number of urea groups is 1. The van der Waals surface area contributed by atoms with E-state index in [0.717, 1.165) is 4.90 Å². The molecule has 0 atom stereocenters. The molecule has 0 aliphatic carbocycles. The van der Waals surface area contributed by atoms with E-state index >= 15 is 0 Å². The maximum absolute atomic E-state index is 12.8. The third-order valence-corrected chi connectivity index (χ3v) is 5.29. The number of thioether (sulfide) groups is 1. The summed E-state index contributed by atoms with van der Waals surface area (Å²) in [6.45, 7) is -0.135. The zero-order valence-electron chi connectivity index (χ0n) is 16.7. The summed E-state index contributed by atoms with van der Waals surface area (Å²) in [5, 5.41) is 2.58. The molecule has 3 aromatic rings. The first-order valence-corrected chi connectivity index (χ1v) is 10.3. The number of amides is 4. The van der Waals surface area contributed by atoms with Crippen LogP contribution >= 0.6 is 11.8 Å². The largest absolute Gasteiger partial charge is 0.459 e. The first-order chi connectivity index (χ1) is 15.7. The van der Waals surface area contributed by atoms with Crippen LogP contribution in [0.3, 0.4) is 0 Å². The molecule has 0 spiro atoms. The van der Waals surface area contributed by atoms with Gasteiger partial charge in [0, 0.05) is 17.6 Å². The van der Waals surface area contributed by atoms with Gasteiger partial charge in [-0.2, -0.15) is 13.2 Å². The Morgan fingerprint density at radius 1 is 1.15 bits per heavy atom. The van der Waals surface area contributed by atoms with Gasteiger partial charge in [0.05, 0.1) is 12.0 Å². The van der Waals surface area contributed by atoms with E-state index in [1.807, 2.05) is 0 Å². The molecule has 1 aliphatic heterocycles. The number of anilines is 2. The number of nitrogens with zero attached hydrogens (tertiary/aromatic N) is 3. The fourth-order valence-electron chi connectivity index (χ4n) is 3.17. The topological polar surface area (TPSA) is 95.8 Å². The van der Waals surface area contributed by atoms with Crippen LogP contribution in [0.2, 0.25) is 0 Å². The number of hydrogen-bond acceptors (Lipinski definition) is 6. The fourth-order valence-corrected chi connectivity index (χ4v) is 3.71. The Labute approximate surface area is 189 Å². The van der Waals surface area contributed by atoms with E-state index in [4.69, 9.17) is 4.42 Å². The van der Waals surface area contributed by atoms with Crippen LogP contribution < -0.4 is 10.2 Å². The van der Waals surface area contributed by atoms with Gasteiger partial charge in [-0.1, -0.05) is 0 Å². The number of carbonyl (C=O) groups excluding carboxylic acids is 3. The minimum Gasteiger partial charge on any atom is -0.459 e. The lowest BCUT2D eigenvalue weighted by atomic mass is 10.2. The highest BCUT2D eigenvalue weighted by atomic mass is 32.2.